The second-order valence-corrected chi connectivity index (χ2v) is 5.60. The molecule has 0 aromatic heterocycles. The molecule has 0 spiro atoms. The van der Waals surface area contributed by atoms with Gasteiger partial charge < -0.3 is 10.1 Å². The van der Waals surface area contributed by atoms with Crippen molar-refractivity contribution in [3.63, 3.8) is 0 Å². The van der Waals surface area contributed by atoms with Gasteiger partial charge in [-0.05, 0) is 38.3 Å². The van der Waals surface area contributed by atoms with Crippen molar-refractivity contribution in [3.05, 3.63) is 29.8 Å². The van der Waals surface area contributed by atoms with Crippen LogP contribution in [0.2, 0.25) is 0 Å². The molecule has 0 radical (unpaired) electrons. The molecule has 1 unspecified atom stereocenters. The normalized spacial score (nSPS) is 18.2. The van der Waals surface area contributed by atoms with Gasteiger partial charge in [0.15, 0.2) is 0 Å². The summed E-state index contributed by atoms with van der Waals surface area (Å²) in [6, 6.07) is 8.85. The first-order valence-electron chi connectivity index (χ1n) is 7.74. The van der Waals surface area contributed by atoms with Crippen LogP contribution in [0.5, 0.6) is 5.75 Å². The number of rotatable bonds is 6. The van der Waals surface area contributed by atoms with Gasteiger partial charge >= 0.3 is 0 Å². The van der Waals surface area contributed by atoms with Crippen LogP contribution in [-0.2, 0) is 0 Å². The fraction of sp³-hybridized carbons (Fsp3) is 0.647. The molecule has 1 aromatic carbocycles. The topological polar surface area (TPSA) is 21.3 Å². The lowest BCUT2D eigenvalue weighted by Gasteiger charge is -2.24. The van der Waals surface area contributed by atoms with Gasteiger partial charge in [-0.25, -0.2) is 0 Å². The standard InChI is InChI=1S/C17H27NO/c1-3-16(18-2)15-11-7-8-12-17(15)19-13-14-9-5-4-6-10-14/h7-8,11-12,14,16,18H,3-6,9-10,13H2,1-2H3. The first-order valence-corrected chi connectivity index (χ1v) is 7.74. The largest absolute Gasteiger partial charge is 0.493 e. The molecule has 2 heteroatoms. The van der Waals surface area contributed by atoms with Crippen molar-refractivity contribution >= 4 is 0 Å². The van der Waals surface area contributed by atoms with Gasteiger partial charge in [0.2, 0.25) is 0 Å². The molecular formula is C17H27NO. The SMILES string of the molecule is CCC(NC)c1ccccc1OCC1CCCCC1. The molecule has 19 heavy (non-hydrogen) atoms. The van der Waals surface area contributed by atoms with Gasteiger partial charge in [0.25, 0.3) is 0 Å². The molecule has 0 saturated heterocycles. The third kappa shape index (κ3) is 3.97. The summed E-state index contributed by atoms with van der Waals surface area (Å²) in [5, 5.41) is 3.37. The van der Waals surface area contributed by atoms with Crippen LogP contribution in [0.15, 0.2) is 24.3 Å². The van der Waals surface area contributed by atoms with Crippen LogP contribution in [0.4, 0.5) is 0 Å². The molecule has 1 aliphatic rings. The second kappa shape index (κ2) is 7.54. The Kier molecular flexibility index (Phi) is 5.71. The minimum absolute atomic E-state index is 0.391. The van der Waals surface area contributed by atoms with E-state index in [9.17, 15) is 0 Å². The van der Waals surface area contributed by atoms with Crippen LogP contribution >= 0.6 is 0 Å². The monoisotopic (exact) mass is 261 g/mol. The molecule has 1 fully saturated rings. The minimum atomic E-state index is 0.391. The number of benzene rings is 1. The zero-order chi connectivity index (χ0) is 13.5. The summed E-state index contributed by atoms with van der Waals surface area (Å²) in [6.45, 7) is 3.09. The molecule has 1 aliphatic carbocycles. The number of ether oxygens (including phenoxy) is 1. The van der Waals surface area contributed by atoms with E-state index in [2.05, 4.69) is 36.5 Å². The summed E-state index contributed by atoms with van der Waals surface area (Å²) >= 11 is 0. The highest BCUT2D eigenvalue weighted by Crippen LogP contribution is 2.29. The van der Waals surface area contributed by atoms with Gasteiger partial charge in [-0.1, -0.05) is 44.4 Å². The maximum Gasteiger partial charge on any atom is 0.124 e. The van der Waals surface area contributed by atoms with Crippen LogP contribution in [-0.4, -0.2) is 13.7 Å². The highest BCUT2D eigenvalue weighted by Gasteiger charge is 2.16. The highest BCUT2D eigenvalue weighted by atomic mass is 16.5. The maximum atomic E-state index is 6.12. The Labute approximate surface area is 117 Å². The fourth-order valence-electron chi connectivity index (χ4n) is 3.04. The number of nitrogens with one attached hydrogen (secondary N) is 1. The van der Waals surface area contributed by atoms with E-state index < -0.39 is 0 Å². The highest BCUT2D eigenvalue weighted by molar-refractivity contribution is 5.35. The Hall–Kier alpha value is -1.02. The fourth-order valence-corrected chi connectivity index (χ4v) is 3.04. The Morgan fingerprint density at radius 2 is 1.95 bits per heavy atom. The van der Waals surface area contributed by atoms with E-state index in [1.165, 1.54) is 37.7 Å². The van der Waals surface area contributed by atoms with Gasteiger partial charge in [-0.15, -0.1) is 0 Å². The smallest absolute Gasteiger partial charge is 0.124 e. The summed E-state index contributed by atoms with van der Waals surface area (Å²) in [7, 11) is 2.02. The summed E-state index contributed by atoms with van der Waals surface area (Å²) in [6.07, 6.45) is 7.93. The van der Waals surface area contributed by atoms with Crippen molar-refractivity contribution in [2.75, 3.05) is 13.7 Å². The third-order valence-corrected chi connectivity index (χ3v) is 4.25. The van der Waals surface area contributed by atoms with Crippen molar-refractivity contribution in [1.82, 2.24) is 5.32 Å². The zero-order valence-corrected chi connectivity index (χ0v) is 12.3. The van der Waals surface area contributed by atoms with Gasteiger partial charge in [0, 0.05) is 11.6 Å². The number of hydrogen-bond acceptors (Lipinski definition) is 2. The van der Waals surface area contributed by atoms with E-state index in [0.29, 0.717) is 6.04 Å². The molecule has 106 valence electrons. The van der Waals surface area contributed by atoms with E-state index in [1.54, 1.807) is 0 Å². The molecular weight excluding hydrogens is 234 g/mol. The maximum absolute atomic E-state index is 6.12. The molecule has 2 rings (SSSR count). The van der Waals surface area contributed by atoms with Gasteiger partial charge in [0.05, 0.1) is 6.61 Å². The minimum Gasteiger partial charge on any atom is -0.493 e. The van der Waals surface area contributed by atoms with Crippen molar-refractivity contribution in [2.45, 2.75) is 51.5 Å². The van der Waals surface area contributed by atoms with Crippen LogP contribution in [0.3, 0.4) is 0 Å². The van der Waals surface area contributed by atoms with E-state index in [1.807, 2.05) is 7.05 Å². The molecule has 2 nitrogen and oxygen atoms in total. The van der Waals surface area contributed by atoms with E-state index in [4.69, 9.17) is 4.74 Å². The average molecular weight is 261 g/mol. The third-order valence-electron chi connectivity index (χ3n) is 4.25. The summed E-state index contributed by atoms with van der Waals surface area (Å²) in [5.74, 6) is 1.82. The first-order chi connectivity index (χ1) is 9.35. The first kappa shape index (κ1) is 14.4. The Morgan fingerprint density at radius 3 is 2.63 bits per heavy atom. The zero-order valence-electron chi connectivity index (χ0n) is 12.3. The van der Waals surface area contributed by atoms with Crippen LogP contribution in [0, 0.1) is 5.92 Å². The van der Waals surface area contributed by atoms with E-state index >= 15 is 0 Å². The van der Waals surface area contributed by atoms with Crippen molar-refractivity contribution in [3.8, 4) is 5.75 Å². The molecule has 0 heterocycles. The molecule has 0 aliphatic heterocycles. The van der Waals surface area contributed by atoms with Gasteiger partial charge in [0.1, 0.15) is 5.75 Å². The predicted molar refractivity (Wildman–Crippen MR) is 80.6 cm³/mol. The Balaban J connectivity index is 1.98. The van der Waals surface area contributed by atoms with Crippen LogP contribution < -0.4 is 10.1 Å². The Bertz CT molecular complexity index is 367. The number of hydrogen-bond donors (Lipinski definition) is 1. The lowest BCUT2D eigenvalue weighted by Crippen LogP contribution is -2.19. The molecule has 1 saturated carbocycles. The molecule has 1 atom stereocenters. The Morgan fingerprint density at radius 1 is 1.21 bits per heavy atom. The van der Waals surface area contributed by atoms with Gasteiger partial charge in [-0.3, -0.25) is 0 Å². The van der Waals surface area contributed by atoms with Gasteiger partial charge in [-0.2, -0.15) is 0 Å². The van der Waals surface area contributed by atoms with E-state index in [0.717, 1.165) is 24.7 Å². The average Bonchev–Trinajstić information content (AvgIpc) is 2.48. The summed E-state index contributed by atoms with van der Waals surface area (Å²) in [4.78, 5) is 0. The van der Waals surface area contributed by atoms with Crippen molar-refractivity contribution in [1.29, 1.82) is 0 Å². The van der Waals surface area contributed by atoms with Crippen molar-refractivity contribution < 1.29 is 4.74 Å². The molecule has 1 aromatic rings. The quantitative estimate of drug-likeness (QED) is 0.823. The van der Waals surface area contributed by atoms with Crippen molar-refractivity contribution in [2.24, 2.45) is 5.92 Å². The predicted octanol–water partition coefficient (Wildman–Crippen LogP) is 4.32. The summed E-state index contributed by atoms with van der Waals surface area (Å²) < 4.78 is 6.12. The lowest BCUT2D eigenvalue weighted by molar-refractivity contribution is 0.206. The summed E-state index contributed by atoms with van der Waals surface area (Å²) in [5.41, 5.74) is 1.29. The molecule has 1 N–H and O–H groups in total. The second-order valence-electron chi connectivity index (χ2n) is 5.60. The molecule has 0 bridgehead atoms. The lowest BCUT2D eigenvalue weighted by atomic mass is 9.90. The van der Waals surface area contributed by atoms with Crippen LogP contribution in [0.25, 0.3) is 0 Å². The van der Waals surface area contributed by atoms with E-state index in [-0.39, 0.29) is 0 Å². The molecule has 0 amide bonds. The number of para-hydroxylation sites is 1. The van der Waals surface area contributed by atoms with Crippen LogP contribution in [0.1, 0.15) is 57.1 Å².